The van der Waals surface area contributed by atoms with E-state index in [0.717, 1.165) is 31.1 Å². The minimum absolute atomic E-state index is 0. The van der Waals surface area contributed by atoms with Crippen molar-refractivity contribution in [3.63, 3.8) is 0 Å². The van der Waals surface area contributed by atoms with Crippen molar-refractivity contribution in [3.8, 4) is 0 Å². The van der Waals surface area contributed by atoms with Crippen LogP contribution in [-0.2, 0) is 9.53 Å². The summed E-state index contributed by atoms with van der Waals surface area (Å²) < 4.78 is 5.76. The van der Waals surface area contributed by atoms with Crippen LogP contribution in [0.1, 0.15) is 26.7 Å². The molecule has 3 rings (SSSR count). The molecule has 2 N–H and O–H groups in total. The maximum Gasteiger partial charge on any atom is 0.221 e. The molecule has 0 bridgehead atoms. The van der Waals surface area contributed by atoms with Crippen molar-refractivity contribution in [1.29, 1.82) is 0 Å². The van der Waals surface area contributed by atoms with Gasteiger partial charge in [-0.15, -0.1) is 12.4 Å². The summed E-state index contributed by atoms with van der Waals surface area (Å²) in [5.41, 5.74) is 0.0889. The number of fused-ring (bicyclic) bond motifs is 1. The lowest BCUT2D eigenvalue weighted by atomic mass is 9.57. The van der Waals surface area contributed by atoms with Crippen molar-refractivity contribution in [1.82, 2.24) is 10.6 Å². The van der Waals surface area contributed by atoms with Gasteiger partial charge in [-0.05, 0) is 6.42 Å². The number of thioether (sulfide) groups is 1. The summed E-state index contributed by atoms with van der Waals surface area (Å²) in [7, 11) is 0. The van der Waals surface area contributed by atoms with Gasteiger partial charge in [0.1, 0.15) is 0 Å². The third kappa shape index (κ3) is 2.96. The van der Waals surface area contributed by atoms with Crippen LogP contribution in [0.5, 0.6) is 0 Å². The number of carbonyl (C=O) groups excluding carboxylic acids is 1. The van der Waals surface area contributed by atoms with Crippen LogP contribution in [-0.4, -0.2) is 48.8 Å². The van der Waals surface area contributed by atoms with Crippen molar-refractivity contribution in [2.24, 2.45) is 11.3 Å². The Hall–Kier alpha value is 0.0300. The Kier molecular flexibility index (Phi) is 5.27. The minimum Gasteiger partial charge on any atom is -0.377 e. The van der Waals surface area contributed by atoms with Gasteiger partial charge in [0, 0.05) is 54.5 Å². The highest BCUT2D eigenvalue weighted by atomic mass is 35.5. The van der Waals surface area contributed by atoms with Crippen LogP contribution in [0.2, 0.25) is 0 Å². The van der Waals surface area contributed by atoms with Crippen molar-refractivity contribution in [2.45, 2.75) is 44.9 Å². The maximum atomic E-state index is 12.2. The van der Waals surface area contributed by atoms with Gasteiger partial charge in [0.2, 0.25) is 5.91 Å². The first-order valence-electron chi connectivity index (χ1n) is 7.31. The van der Waals surface area contributed by atoms with Crippen molar-refractivity contribution in [2.75, 3.05) is 24.7 Å². The van der Waals surface area contributed by atoms with E-state index in [1.165, 1.54) is 0 Å². The molecule has 3 aliphatic rings. The summed E-state index contributed by atoms with van der Waals surface area (Å²) in [6.45, 7) is 6.29. The fraction of sp³-hybridized carbons (Fsp3) is 0.929. The summed E-state index contributed by atoms with van der Waals surface area (Å²) in [6.07, 6.45) is 2.05. The lowest BCUT2D eigenvalue weighted by molar-refractivity contribution is -0.138. The minimum atomic E-state index is 0. The van der Waals surface area contributed by atoms with Gasteiger partial charge >= 0.3 is 0 Å². The molecule has 1 aliphatic carbocycles. The zero-order valence-corrected chi connectivity index (χ0v) is 13.8. The van der Waals surface area contributed by atoms with Crippen LogP contribution < -0.4 is 10.6 Å². The van der Waals surface area contributed by atoms with Crippen LogP contribution in [0.25, 0.3) is 0 Å². The van der Waals surface area contributed by atoms with Gasteiger partial charge in [-0.1, -0.05) is 13.8 Å². The van der Waals surface area contributed by atoms with Gasteiger partial charge < -0.3 is 15.4 Å². The molecule has 0 radical (unpaired) electrons. The second kappa shape index (κ2) is 6.42. The maximum absolute atomic E-state index is 12.2. The van der Waals surface area contributed by atoms with Crippen LogP contribution in [0.3, 0.4) is 0 Å². The predicted molar refractivity (Wildman–Crippen MR) is 84.5 cm³/mol. The molecule has 0 aromatic rings. The summed E-state index contributed by atoms with van der Waals surface area (Å²) in [5, 5.41) is 6.68. The summed E-state index contributed by atoms with van der Waals surface area (Å²) in [4.78, 5) is 12.2. The van der Waals surface area contributed by atoms with Crippen LogP contribution >= 0.6 is 24.2 Å². The number of hydrogen-bond acceptors (Lipinski definition) is 4. The summed E-state index contributed by atoms with van der Waals surface area (Å²) >= 11 is 1.94. The number of nitrogens with one attached hydrogen (secondary N) is 2. The molecular formula is C14H25ClN2O2S. The monoisotopic (exact) mass is 320 g/mol. The van der Waals surface area contributed by atoms with E-state index in [2.05, 4.69) is 24.5 Å². The third-order valence-electron chi connectivity index (χ3n) is 4.85. The first-order valence-corrected chi connectivity index (χ1v) is 8.46. The SMILES string of the molecule is CC1(C)C(NC(=O)CC2CSCCN2)C2CCOC21.Cl. The first kappa shape index (κ1) is 16.4. The highest BCUT2D eigenvalue weighted by Gasteiger charge is 2.59. The molecule has 0 spiro atoms. The highest BCUT2D eigenvalue weighted by molar-refractivity contribution is 7.99. The Labute approximate surface area is 131 Å². The first-order chi connectivity index (χ1) is 9.09. The van der Waals surface area contributed by atoms with E-state index < -0.39 is 0 Å². The van der Waals surface area contributed by atoms with Crippen LogP contribution in [0.4, 0.5) is 0 Å². The Bertz CT molecular complexity index is 361. The normalized spacial score (nSPS) is 38.3. The molecule has 20 heavy (non-hydrogen) atoms. The topological polar surface area (TPSA) is 50.4 Å². The van der Waals surface area contributed by atoms with Crippen LogP contribution in [0.15, 0.2) is 0 Å². The molecule has 3 fully saturated rings. The quantitative estimate of drug-likeness (QED) is 0.826. The van der Waals surface area contributed by atoms with Gasteiger partial charge in [0.25, 0.3) is 0 Å². The Morgan fingerprint density at radius 1 is 1.50 bits per heavy atom. The van der Waals surface area contributed by atoms with Gasteiger partial charge in [-0.2, -0.15) is 11.8 Å². The molecule has 2 heterocycles. The predicted octanol–water partition coefficient (Wildman–Crippen LogP) is 1.43. The average molecular weight is 321 g/mol. The van der Waals surface area contributed by atoms with Gasteiger partial charge in [-0.25, -0.2) is 0 Å². The Morgan fingerprint density at radius 3 is 3.00 bits per heavy atom. The Morgan fingerprint density at radius 2 is 2.30 bits per heavy atom. The fourth-order valence-electron chi connectivity index (χ4n) is 3.82. The largest absolute Gasteiger partial charge is 0.377 e. The van der Waals surface area contributed by atoms with E-state index >= 15 is 0 Å². The zero-order chi connectivity index (χ0) is 13.5. The lowest BCUT2D eigenvalue weighted by Crippen LogP contribution is -2.67. The van der Waals surface area contributed by atoms with E-state index in [9.17, 15) is 4.79 Å². The molecule has 0 aromatic carbocycles. The van der Waals surface area contributed by atoms with Gasteiger partial charge in [-0.3, -0.25) is 4.79 Å². The number of halogens is 1. The van der Waals surface area contributed by atoms with E-state index in [1.54, 1.807) is 0 Å². The molecule has 2 saturated heterocycles. The highest BCUT2D eigenvalue weighted by Crippen LogP contribution is 2.52. The number of rotatable bonds is 3. The smallest absolute Gasteiger partial charge is 0.221 e. The van der Waals surface area contributed by atoms with Gasteiger partial charge in [0.05, 0.1) is 6.10 Å². The molecule has 4 atom stereocenters. The standard InChI is InChI=1S/C14H24N2O2S.ClH/c1-14(2)12(10-3-5-18-13(10)14)16-11(17)7-9-8-19-6-4-15-9;/h9-10,12-13,15H,3-8H2,1-2H3,(H,16,17);1H. The molecule has 2 aliphatic heterocycles. The molecule has 0 aromatic heterocycles. The van der Waals surface area contributed by atoms with E-state index in [-0.39, 0.29) is 23.7 Å². The molecule has 116 valence electrons. The Balaban J connectivity index is 0.00000147. The summed E-state index contributed by atoms with van der Waals surface area (Å²) in [6, 6.07) is 0.640. The van der Waals surface area contributed by atoms with Gasteiger partial charge in [0.15, 0.2) is 0 Å². The van der Waals surface area contributed by atoms with E-state index in [1.807, 2.05) is 11.8 Å². The zero-order valence-electron chi connectivity index (χ0n) is 12.2. The number of amides is 1. The molecule has 1 saturated carbocycles. The second-order valence-corrected chi connectivity index (χ2v) is 7.69. The van der Waals surface area contributed by atoms with Crippen molar-refractivity contribution < 1.29 is 9.53 Å². The van der Waals surface area contributed by atoms with Crippen molar-refractivity contribution >= 4 is 30.1 Å². The summed E-state index contributed by atoms with van der Waals surface area (Å²) in [5.74, 6) is 2.95. The number of ether oxygens (including phenoxy) is 1. The molecule has 4 unspecified atom stereocenters. The molecule has 6 heteroatoms. The molecule has 4 nitrogen and oxygen atoms in total. The third-order valence-corrected chi connectivity index (χ3v) is 5.98. The van der Waals surface area contributed by atoms with E-state index in [0.29, 0.717) is 30.5 Å². The second-order valence-electron chi connectivity index (χ2n) is 6.54. The van der Waals surface area contributed by atoms with Crippen molar-refractivity contribution in [3.05, 3.63) is 0 Å². The average Bonchev–Trinajstić information content (AvgIpc) is 2.84. The van der Waals surface area contributed by atoms with Crippen LogP contribution in [0, 0.1) is 11.3 Å². The number of hydrogen-bond donors (Lipinski definition) is 2. The fourth-order valence-corrected chi connectivity index (χ4v) is 4.77. The lowest BCUT2D eigenvalue weighted by Gasteiger charge is -2.54. The van der Waals surface area contributed by atoms with E-state index in [4.69, 9.17) is 4.74 Å². The number of carbonyl (C=O) groups is 1. The molecular weight excluding hydrogens is 296 g/mol. The molecule has 1 amide bonds.